The van der Waals surface area contributed by atoms with E-state index in [0.717, 1.165) is 34.7 Å². The van der Waals surface area contributed by atoms with Gasteiger partial charge in [-0.05, 0) is 81.0 Å². The van der Waals surface area contributed by atoms with E-state index in [2.05, 4.69) is 25.2 Å². The Kier molecular flexibility index (Phi) is 8.84. The lowest BCUT2D eigenvalue weighted by atomic mass is 10.1. The van der Waals surface area contributed by atoms with Crippen LogP contribution in [-0.4, -0.2) is 53.2 Å². The zero-order chi connectivity index (χ0) is 26.9. The fraction of sp³-hybridized carbons (Fsp3) is 0.241. The van der Waals surface area contributed by atoms with E-state index in [1.54, 1.807) is 24.7 Å². The molecule has 0 fully saturated rings. The first-order valence-electron chi connectivity index (χ1n) is 12.3. The molecule has 0 atom stereocenters. The number of likely N-dealkylation sites (N-methyl/N-ethyl adjacent to an activating group) is 1. The van der Waals surface area contributed by atoms with Crippen LogP contribution in [0.5, 0.6) is 11.5 Å². The summed E-state index contributed by atoms with van der Waals surface area (Å²) in [5.41, 5.74) is 3.38. The molecule has 0 unspecified atom stereocenters. The highest BCUT2D eigenvalue weighted by atomic mass is 16.6. The van der Waals surface area contributed by atoms with Gasteiger partial charge in [0.1, 0.15) is 23.9 Å². The number of hydrogen-bond donors (Lipinski definition) is 1. The molecule has 0 aliphatic rings. The van der Waals surface area contributed by atoms with Crippen LogP contribution in [0.25, 0.3) is 0 Å². The second kappa shape index (κ2) is 12.6. The highest BCUT2D eigenvalue weighted by Gasteiger charge is 2.22. The highest BCUT2D eigenvalue weighted by molar-refractivity contribution is 5.88. The molecule has 0 radical (unpaired) electrons. The quantitative estimate of drug-likeness (QED) is 0.303. The van der Waals surface area contributed by atoms with E-state index >= 15 is 0 Å². The van der Waals surface area contributed by atoms with Crippen molar-refractivity contribution >= 4 is 23.5 Å². The molecule has 196 valence electrons. The number of amides is 1. The maximum Gasteiger partial charge on any atom is 0.421 e. The molecular formula is C29H32N6O3. The Hall–Kier alpha value is -4.50. The maximum atomic E-state index is 13.4. The first kappa shape index (κ1) is 26.6. The van der Waals surface area contributed by atoms with E-state index < -0.39 is 6.09 Å². The minimum atomic E-state index is -0.546. The molecule has 4 aromatic rings. The smallest absolute Gasteiger partial charge is 0.421 e. The predicted molar refractivity (Wildman–Crippen MR) is 148 cm³/mol. The van der Waals surface area contributed by atoms with Crippen LogP contribution in [0.4, 0.5) is 22.2 Å². The van der Waals surface area contributed by atoms with Gasteiger partial charge in [-0.3, -0.25) is 9.88 Å². The van der Waals surface area contributed by atoms with Gasteiger partial charge in [0, 0.05) is 30.8 Å². The minimum absolute atomic E-state index is 0.229. The molecule has 0 bridgehead atoms. The second-order valence-corrected chi connectivity index (χ2v) is 9.08. The lowest BCUT2D eigenvalue weighted by molar-refractivity contribution is 0.206. The van der Waals surface area contributed by atoms with Crippen molar-refractivity contribution in [3.05, 3.63) is 95.9 Å². The van der Waals surface area contributed by atoms with Crippen molar-refractivity contribution < 1.29 is 14.3 Å². The monoisotopic (exact) mass is 512 g/mol. The summed E-state index contributed by atoms with van der Waals surface area (Å²) in [7, 11) is 4.01. The van der Waals surface area contributed by atoms with Crippen LogP contribution in [0.3, 0.4) is 0 Å². The normalized spacial score (nSPS) is 10.8. The summed E-state index contributed by atoms with van der Waals surface area (Å²) in [5, 5.41) is 3.19. The number of rotatable bonds is 10. The van der Waals surface area contributed by atoms with Gasteiger partial charge in [-0.15, -0.1) is 0 Å². The van der Waals surface area contributed by atoms with Gasteiger partial charge >= 0.3 is 6.09 Å². The molecule has 2 heterocycles. The molecular weight excluding hydrogens is 480 g/mol. The molecule has 1 amide bonds. The third-order valence-corrected chi connectivity index (χ3v) is 5.72. The molecule has 0 aliphatic heterocycles. The fourth-order valence-corrected chi connectivity index (χ4v) is 3.69. The van der Waals surface area contributed by atoms with E-state index in [0.29, 0.717) is 24.1 Å². The van der Waals surface area contributed by atoms with Crippen molar-refractivity contribution in [1.82, 2.24) is 19.9 Å². The number of benzene rings is 2. The molecule has 4 rings (SSSR count). The highest BCUT2D eigenvalue weighted by Crippen LogP contribution is 2.26. The first-order chi connectivity index (χ1) is 18.4. The van der Waals surface area contributed by atoms with Crippen LogP contribution in [0.1, 0.15) is 16.7 Å². The van der Waals surface area contributed by atoms with Gasteiger partial charge < -0.3 is 19.7 Å². The molecule has 0 saturated heterocycles. The van der Waals surface area contributed by atoms with Gasteiger partial charge in [0.05, 0.1) is 6.54 Å². The summed E-state index contributed by atoms with van der Waals surface area (Å²) < 4.78 is 11.6. The third kappa shape index (κ3) is 7.27. The van der Waals surface area contributed by atoms with Gasteiger partial charge in [0.25, 0.3) is 0 Å². The molecule has 9 nitrogen and oxygen atoms in total. The van der Waals surface area contributed by atoms with Crippen LogP contribution in [0.2, 0.25) is 0 Å². The number of anilines is 3. The molecule has 0 saturated carbocycles. The molecule has 9 heteroatoms. The topological polar surface area (TPSA) is 92.7 Å². The first-order valence-corrected chi connectivity index (χ1v) is 12.3. The van der Waals surface area contributed by atoms with Gasteiger partial charge in [-0.2, -0.15) is 4.98 Å². The Bertz CT molecular complexity index is 1330. The number of pyridine rings is 1. The average molecular weight is 513 g/mol. The number of para-hydroxylation sites is 1. The fourth-order valence-electron chi connectivity index (χ4n) is 3.69. The molecule has 0 spiro atoms. The predicted octanol–water partition coefficient (Wildman–Crippen LogP) is 5.38. The molecule has 0 aliphatic carbocycles. The van der Waals surface area contributed by atoms with Gasteiger partial charge in [-0.25, -0.2) is 9.78 Å². The van der Waals surface area contributed by atoms with E-state index in [9.17, 15) is 4.79 Å². The van der Waals surface area contributed by atoms with Gasteiger partial charge in [0.15, 0.2) is 0 Å². The summed E-state index contributed by atoms with van der Waals surface area (Å²) in [6, 6.07) is 18.7. The van der Waals surface area contributed by atoms with Crippen molar-refractivity contribution in [2.45, 2.75) is 20.4 Å². The van der Waals surface area contributed by atoms with Gasteiger partial charge in [-0.1, -0.05) is 24.3 Å². The number of ether oxygens (including phenoxy) is 2. The second-order valence-electron chi connectivity index (χ2n) is 9.08. The van der Waals surface area contributed by atoms with E-state index in [-0.39, 0.29) is 6.54 Å². The number of nitrogens with zero attached hydrogens (tertiary/aromatic N) is 5. The van der Waals surface area contributed by atoms with Crippen LogP contribution in [-0.2, 0) is 6.54 Å². The van der Waals surface area contributed by atoms with Crippen LogP contribution in [0, 0.1) is 13.8 Å². The minimum Gasteiger partial charge on any atom is -0.492 e. The standard InChI is InChI=1S/C29H32N6O3/c1-21-7-5-8-22(2)27(21)38-29(36)35(20-23-9-6-15-30-19-23)26-14-16-31-28(33-26)32-24-10-12-25(13-11-24)37-18-17-34(3)4/h5-16,19H,17-18,20H2,1-4H3,(H,31,32,33). The summed E-state index contributed by atoms with van der Waals surface area (Å²) in [6.45, 7) is 5.49. The maximum absolute atomic E-state index is 13.4. The zero-order valence-electron chi connectivity index (χ0n) is 22.1. The van der Waals surface area contributed by atoms with Crippen LogP contribution < -0.4 is 19.7 Å². The van der Waals surface area contributed by atoms with Gasteiger partial charge in [0.2, 0.25) is 5.95 Å². The molecule has 1 N–H and O–H groups in total. The number of hydrogen-bond acceptors (Lipinski definition) is 8. The number of aromatic nitrogens is 3. The Morgan fingerprint density at radius 2 is 1.71 bits per heavy atom. The SMILES string of the molecule is Cc1cccc(C)c1OC(=O)N(Cc1cccnc1)c1ccnc(Nc2ccc(OCCN(C)C)cc2)n1. The van der Waals surface area contributed by atoms with E-state index in [1.807, 2.05) is 82.5 Å². The van der Waals surface area contributed by atoms with Crippen molar-refractivity contribution in [3.8, 4) is 11.5 Å². The summed E-state index contributed by atoms with van der Waals surface area (Å²) in [6.07, 6.45) is 4.46. The number of carbonyl (C=O) groups excluding carboxylic acids is 1. The largest absolute Gasteiger partial charge is 0.492 e. The molecule has 38 heavy (non-hydrogen) atoms. The third-order valence-electron chi connectivity index (χ3n) is 5.72. The van der Waals surface area contributed by atoms with E-state index in [1.165, 1.54) is 4.90 Å². The summed E-state index contributed by atoms with van der Waals surface area (Å²) >= 11 is 0. The molecule has 2 aromatic carbocycles. The Morgan fingerprint density at radius 1 is 0.947 bits per heavy atom. The van der Waals surface area contributed by atoms with Crippen molar-refractivity contribution in [1.29, 1.82) is 0 Å². The Morgan fingerprint density at radius 3 is 2.39 bits per heavy atom. The number of carbonyl (C=O) groups is 1. The van der Waals surface area contributed by atoms with Crippen molar-refractivity contribution in [2.24, 2.45) is 0 Å². The van der Waals surface area contributed by atoms with Crippen LogP contribution >= 0.6 is 0 Å². The summed E-state index contributed by atoms with van der Waals surface area (Å²) in [5.74, 6) is 2.06. The zero-order valence-corrected chi connectivity index (χ0v) is 22.1. The number of aryl methyl sites for hydroxylation is 2. The van der Waals surface area contributed by atoms with Crippen molar-refractivity contribution in [2.75, 3.05) is 37.5 Å². The van der Waals surface area contributed by atoms with Crippen LogP contribution in [0.15, 0.2) is 79.3 Å². The lowest BCUT2D eigenvalue weighted by Crippen LogP contribution is -2.34. The lowest BCUT2D eigenvalue weighted by Gasteiger charge is -2.22. The van der Waals surface area contributed by atoms with E-state index in [4.69, 9.17) is 9.47 Å². The Balaban J connectivity index is 1.53. The average Bonchev–Trinajstić information content (AvgIpc) is 2.91. The van der Waals surface area contributed by atoms with Crippen molar-refractivity contribution in [3.63, 3.8) is 0 Å². The molecule has 2 aromatic heterocycles. The Labute approximate surface area is 223 Å². The number of nitrogens with one attached hydrogen (secondary N) is 1. The summed E-state index contributed by atoms with van der Waals surface area (Å²) in [4.78, 5) is 30.1.